The second-order valence-electron chi connectivity index (χ2n) is 4.55. The van der Waals surface area contributed by atoms with Crippen molar-refractivity contribution in [2.24, 2.45) is 0 Å². The Morgan fingerprint density at radius 3 is 2.75 bits per heavy atom. The van der Waals surface area contributed by atoms with Crippen molar-refractivity contribution in [2.45, 2.75) is 31.8 Å². The number of piperidine rings is 1. The molecule has 2 heterocycles. The van der Waals surface area contributed by atoms with Crippen LogP contribution >= 0.6 is 11.6 Å². The van der Waals surface area contributed by atoms with E-state index < -0.39 is 5.60 Å². The molecule has 2 N–H and O–H groups in total. The number of rotatable bonds is 2. The molecule has 88 valence electrons. The first-order chi connectivity index (χ1) is 7.59. The first kappa shape index (κ1) is 11.8. The van der Waals surface area contributed by atoms with E-state index in [1.54, 1.807) is 0 Å². The Hall–Kier alpha value is -0.640. The maximum absolute atomic E-state index is 10.4. The molecule has 0 spiro atoms. The molecule has 0 aliphatic carbocycles. The third kappa shape index (κ3) is 2.73. The van der Waals surface area contributed by atoms with Gasteiger partial charge in [0, 0.05) is 12.1 Å². The van der Waals surface area contributed by atoms with Crippen molar-refractivity contribution in [1.82, 2.24) is 10.3 Å². The van der Waals surface area contributed by atoms with Crippen molar-refractivity contribution in [3.8, 4) is 0 Å². The van der Waals surface area contributed by atoms with Gasteiger partial charge in [-0.1, -0.05) is 17.7 Å². The Morgan fingerprint density at radius 1 is 1.44 bits per heavy atom. The summed E-state index contributed by atoms with van der Waals surface area (Å²) >= 11 is 6.07. The zero-order valence-corrected chi connectivity index (χ0v) is 10.2. The van der Waals surface area contributed by atoms with Gasteiger partial charge < -0.3 is 10.4 Å². The molecular weight excluding hydrogens is 224 g/mol. The minimum atomic E-state index is -0.619. The van der Waals surface area contributed by atoms with Crippen LogP contribution in [0.3, 0.4) is 0 Å². The fraction of sp³-hybridized carbons (Fsp3) is 0.583. The zero-order chi connectivity index (χ0) is 11.6. The van der Waals surface area contributed by atoms with E-state index in [9.17, 15) is 5.11 Å². The fourth-order valence-corrected chi connectivity index (χ4v) is 2.37. The smallest absolute Gasteiger partial charge is 0.132 e. The summed E-state index contributed by atoms with van der Waals surface area (Å²) in [5.41, 5.74) is 1.23. The Bertz CT molecular complexity index is 375. The second-order valence-corrected chi connectivity index (χ2v) is 4.91. The molecule has 0 atom stereocenters. The van der Waals surface area contributed by atoms with Crippen molar-refractivity contribution in [2.75, 3.05) is 13.1 Å². The molecule has 0 bridgehead atoms. The first-order valence-electron chi connectivity index (χ1n) is 5.64. The van der Waals surface area contributed by atoms with Gasteiger partial charge in [-0.25, -0.2) is 4.98 Å². The van der Waals surface area contributed by atoms with Gasteiger partial charge in [0.25, 0.3) is 0 Å². The van der Waals surface area contributed by atoms with Crippen LogP contribution in [0.1, 0.15) is 24.1 Å². The van der Waals surface area contributed by atoms with Crippen LogP contribution in [0.25, 0.3) is 0 Å². The summed E-state index contributed by atoms with van der Waals surface area (Å²) in [6.45, 7) is 3.65. The van der Waals surface area contributed by atoms with E-state index in [0.717, 1.165) is 37.2 Å². The molecule has 2 rings (SSSR count). The molecule has 0 radical (unpaired) electrons. The van der Waals surface area contributed by atoms with Gasteiger partial charge >= 0.3 is 0 Å². The highest BCUT2D eigenvalue weighted by atomic mass is 35.5. The van der Waals surface area contributed by atoms with Gasteiger partial charge in [0.05, 0.1) is 5.60 Å². The third-order valence-electron chi connectivity index (χ3n) is 3.12. The number of hydrogen-bond donors (Lipinski definition) is 2. The molecule has 0 amide bonds. The molecular formula is C12H17ClN2O. The van der Waals surface area contributed by atoms with Gasteiger partial charge in [-0.2, -0.15) is 0 Å². The van der Waals surface area contributed by atoms with Gasteiger partial charge in [-0.3, -0.25) is 0 Å². The molecule has 1 fully saturated rings. The summed E-state index contributed by atoms with van der Waals surface area (Å²) in [6, 6.07) is 3.90. The van der Waals surface area contributed by atoms with Gasteiger partial charge in [0.1, 0.15) is 5.15 Å². The Labute approximate surface area is 101 Å². The summed E-state index contributed by atoms with van der Waals surface area (Å²) in [5, 5.41) is 14.2. The number of aliphatic hydroxyl groups is 1. The minimum absolute atomic E-state index is 0.520. The highest BCUT2D eigenvalue weighted by Crippen LogP contribution is 2.26. The van der Waals surface area contributed by atoms with Crippen molar-refractivity contribution in [3.63, 3.8) is 0 Å². The van der Waals surface area contributed by atoms with Gasteiger partial charge in [-0.15, -0.1) is 0 Å². The van der Waals surface area contributed by atoms with Crippen LogP contribution in [-0.2, 0) is 6.42 Å². The van der Waals surface area contributed by atoms with Crippen molar-refractivity contribution < 1.29 is 5.11 Å². The van der Waals surface area contributed by atoms with E-state index in [1.807, 2.05) is 19.1 Å². The lowest BCUT2D eigenvalue weighted by Crippen LogP contribution is -2.43. The standard InChI is InChI=1S/C12H17ClN2O/c1-9-2-3-10(11(13)15-9)8-12(16)4-6-14-7-5-12/h2-3,14,16H,4-8H2,1H3. The normalized spacial score (nSPS) is 19.7. The van der Waals surface area contributed by atoms with Crippen LogP contribution in [0.5, 0.6) is 0 Å². The Balaban J connectivity index is 2.13. The van der Waals surface area contributed by atoms with Crippen LogP contribution in [0, 0.1) is 6.92 Å². The molecule has 1 aliphatic heterocycles. The lowest BCUT2D eigenvalue weighted by molar-refractivity contribution is 0.0108. The molecule has 1 saturated heterocycles. The van der Waals surface area contributed by atoms with E-state index in [-0.39, 0.29) is 0 Å². The number of nitrogens with zero attached hydrogens (tertiary/aromatic N) is 1. The summed E-state index contributed by atoms with van der Waals surface area (Å²) in [7, 11) is 0. The lowest BCUT2D eigenvalue weighted by atomic mass is 9.86. The average Bonchev–Trinajstić information content (AvgIpc) is 2.23. The Kier molecular flexibility index (Phi) is 3.47. The van der Waals surface area contributed by atoms with Crippen LogP contribution in [0.2, 0.25) is 5.15 Å². The predicted molar refractivity (Wildman–Crippen MR) is 64.7 cm³/mol. The van der Waals surface area contributed by atoms with Crippen LogP contribution in [0.15, 0.2) is 12.1 Å². The van der Waals surface area contributed by atoms with Crippen molar-refractivity contribution >= 4 is 11.6 Å². The fourth-order valence-electron chi connectivity index (χ4n) is 2.11. The lowest BCUT2D eigenvalue weighted by Gasteiger charge is -2.32. The zero-order valence-electron chi connectivity index (χ0n) is 9.46. The quantitative estimate of drug-likeness (QED) is 0.774. The van der Waals surface area contributed by atoms with E-state index in [0.29, 0.717) is 11.6 Å². The topological polar surface area (TPSA) is 45.1 Å². The maximum Gasteiger partial charge on any atom is 0.132 e. The SMILES string of the molecule is Cc1ccc(CC2(O)CCNCC2)c(Cl)n1. The molecule has 16 heavy (non-hydrogen) atoms. The minimum Gasteiger partial charge on any atom is -0.389 e. The van der Waals surface area contributed by atoms with Crippen LogP contribution < -0.4 is 5.32 Å². The molecule has 0 aromatic carbocycles. The molecule has 1 aromatic rings. The van der Waals surface area contributed by atoms with E-state index in [4.69, 9.17) is 11.6 Å². The summed E-state index contributed by atoms with van der Waals surface area (Å²) in [6.07, 6.45) is 2.15. The number of aromatic nitrogens is 1. The second kappa shape index (κ2) is 4.70. The molecule has 0 unspecified atom stereocenters. The van der Waals surface area contributed by atoms with E-state index in [2.05, 4.69) is 10.3 Å². The highest BCUT2D eigenvalue weighted by Gasteiger charge is 2.30. The predicted octanol–water partition coefficient (Wildman–Crippen LogP) is 1.70. The number of aryl methyl sites for hydroxylation is 1. The summed E-state index contributed by atoms with van der Waals surface area (Å²) in [4.78, 5) is 4.21. The molecule has 4 heteroatoms. The first-order valence-corrected chi connectivity index (χ1v) is 6.02. The van der Waals surface area contributed by atoms with E-state index >= 15 is 0 Å². The molecule has 0 saturated carbocycles. The van der Waals surface area contributed by atoms with Gasteiger partial charge in [0.2, 0.25) is 0 Å². The monoisotopic (exact) mass is 240 g/mol. The summed E-state index contributed by atoms with van der Waals surface area (Å²) < 4.78 is 0. The maximum atomic E-state index is 10.4. The number of pyridine rings is 1. The van der Waals surface area contributed by atoms with Gasteiger partial charge in [-0.05, 0) is 44.5 Å². The third-order valence-corrected chi connectivity index (χ3v) is 3.45. The van der Waals surface area contributed by atoms with E-state index in [1.165, 1.54) is 0 Å². The largest absolute Gasteiger partial charge is 0.389 e. The number of nitrogens with one attached hydrogen (secondary N) is 1. The Morgan fingerprint density at radius 2 is 2.12 bits per heavy atom. The average molecular weight is 241 g/mol. The van der Waals surface area contributed by atoms with Gasteiger partial charge in [0.15, 0.2) is 0 Å². The number of hydrogen-bond acceptors (Lipinski definition) is 3. The van der Waals surface area contributed by atoms with Crippen molar-refractivity contribution in [1.29, 1.82) is 0 Å². The molecule has 1 aliphatic rings. The van der Waals surface area contributed by atoms with Crippen LogP contribution in [0.4, 0.5) is 0 Å². The van der Waals surface area contributed by atoms with Crippen LogP contribution in [-0.4, -0.2) is 28.8 Å². The molecule has 3 nitrogen and oxygen atoms in total. The molecule has 1 aromatic heterocycles. The van der Waals surface area contributed by atoms with Crippen molar-refractivity contribution in [3.05, 3.63) is 28.5 Å². The highest BCUT2D eigenvalue weighted by molar-refractivity contribution is 6.30. The summed E-state index contributed by atoms with van der Waals surface area (Å²) in [5.74, 6) is 0. The number of halogens is 1.